The highest BCUT2D eigenvalue weighted by atomic mass is 16.2. The molecule has 21 heavy (non-hydrogen) atoms. The molecule has 1 heterocycles. The maximum atomic E-state index is 12.8. The van der Waals surface area contributed by atoms with E-state index in [2.05, 4.69) is 13.2 Å². The van der Waals surface area contributed by atoms with E-state index in [-0.39, 0.29) is 24.9 Å². The minimum absolute atomic E-state index is 0.191. The highest BCUT2D eigenvalue weighted by Crippen LogP contribution is 2.38. The first-order chi connectivity index (χ1) is 9.74. The van der Waals surface area contributed by atoms with Crippen LogP contribution in [0.5, 0.6) is 0 Å². The Morgan fingerprint density at radius 3 is 1.48 bits per heavy atom. The van der Waals surface area contributed by atoms with Crippen LogP contribution in [0.1, 0.15) is 40.5 Å². The summed E-state index contributed by atoms with van der Waals surface area (Å²) in [4.78, 5) is 40.5. The zero-order valence-corrected chi connectivity index (χ0v) is 13.3. The first-order valence-electron chi connectivity index (χ1n) is 7.17. The van der Waals surface area contributed by atoms with Crippen LogP contribution >= 0.6 is 0 Å². The SMILES string of the molecule is C=CCC1(CC=C)C(=O)N(C(C)C)C(=O)N(C(C)C)C1=O. The Morgan fingerprint density at radius 2 is 1.24 bits per heavy atom. The minimum Gasteiger partial charge on any atom is -0.273 e. The number of hydrogen-bond acceptors (Lipinski definition) is 3. The highest BCUT2D eigenvalue weighted by Gasteiger charge is 2.56. The highest BCUT2D eigenvalue weighted by molar-refractivity contribution is 6.19. The van der Waals surface area contributed by atoms with Crippen molar-refractivity contribution in [2.75, 3.05) is 0 Å². The standard InChI is InChI=1S/C16H24N2O3/c1-7-9-16(10-8-2)13(19)17(11(3)4)15(21)18(12(5)6)14(16)20/h7-8,11-12H,1-2,9-10H2,3-6H3. The molecule has 1 rings (SSSR count). The van der Waals surface area contributed by atoms with Gasteiger partial charge < -0.3 is 0 Å². The molecule has 5 nitrogen and oxygen atoms in total. The topological polar surface area (TPSA) is 57.7 Å². The lowest BCUT2D eigenvalue weighted by atomic mass is 9.76. The number of urea groups is 1. The second-order valence-corrected chi connectivity index (χ2v) is 5.89. The summed E-state index contributed by atoms with van der Waals surface area (Å²) in [6.45, 7) is 14.3. The summed E-state index contributed by atoms with van der Waals surface area (Å²) < 4.78 is 0. The number of imide groups is 2. The van der Waals surface area contributed by atoms with Gasteiger partial charge in [-0.1, -0.05) is 12.2 Å². The molecule has 4 amide bonds. The van der Waals surface area contributed by atoms with Gasteiger partial charge in [0.2, 0.25) is 11.8 Å². The second kappa shape index (κ2) is 6.24. The molecular formula is C16H24N2O3. The van der Waals surface area contributed by atoms with Gasteiger partial charge in [-0.2, -0.15) is 0 Å². The van der Waals surface area contributed by atoms with E-state index in [0.717, 1.165) is 0 Å². The molecule has 0 bridgehead atoms. The smallest absolute Gasteiger partial charge is 0.273 e. The number of allylic oxidation sites excluding steroid dienone is 2. The molecule has 0 radical (unpaired) electrons. The monoisotopic (exact) mass is 292 g/mol. The van der Waals surface area contributed by atoms with Crippen molar-refractivity contribution in [3.63, 3.8) is 0 Å². The average Bonchev–Trinajstić information content (AvgIpc) is 2.36. The molecule has 0 spiro atoms. The predicted octanol–water partition coefficient (Wildman–Crippen LogP) is 2.73. The van der Waals surface area contributed by atoms with E-state index in [1.165, 1.54) is 9.80 Å². The van der Waals surface area contributed by atoms with Gasteiger partial charge in [0.15, 0.2) is 0 Å². The summed E-state index contributed by atoms with van der Waals surface area (Å²) in [5.74, 6) is -0.909. The largest absolute Gasteiger partial charge is 0.333 e. The molecule has 1 fully saturated rings. The van der Waals surface area contributed by atoms with Gasteiger partial charge in [0, 0.05) is 12.1 Å². The normalized spacial score (nSPS) is 18.7. The Morgan fingerprint density at radius 1 is 0.905 bits per heavy atom. The fraction of sp³-hybridized carbons (Fsp3) is 0.562. The van der Waals surface area contributed by atoms with E-state index < -0.39 is 23.3 Å². The molecule has 116 valence electrons. The average molecular weight is 292 g/mol. The lowest BCUT2D eigenvalue weighted by Gasteiger charge is -2.46. The van der Waals surface area contributed by atoms with Crippen molar-refractivity contribution in [1.29, 1.82) is 0 Å². The van der Waals surface area contributed by atoms with Crippen molar-refractivity contribution in [3.8, 4) is 0 Å². The third-order valence-corrected chi connectivity index (χ3v) is 3.69. The molecule has 1 aliphatic rings. The van der Waals surface area contributed by atoms with Crippen molar-refractivity contribution < 1.29 is 14.4 Å². The van der Waals surface area contributed by atoms with Gasteiger partial charge in [-0.3, -0.25) is 19.4 Å². The first-order valence-corrected chi connectivity index (χ1v) is 7.17. The number of carbonyl (C=O) groups is 3. The van der Waals surface area contributed by atoms with Crippen LogP contribution in [-0.2, 0) is 9.59 Å². The third kappa shape index (κ3) is 2.64. The minimum atomic E-state index is -1.30. The van der Waals surface area contributed by atoms with E-state index in [0.29, 0.717) is 0 Å². The molecular weight excluding hydrogens is 268 g/mol. The van der Waals surface area contributed by atoms with Gasteiger partial charge in [-0.25, -0.2) is 4.79 Å². The zero-order chi connectivity index (χ0) is 16.4. The predicted molar refractivity (Wildman–Crippen MR) is 81.4 cm³/mol. The first kappa shape index (κ1) is 17.1. The summed E-state index contributed by atoms with van der Waals surface area (Å²) in [5, 5.41) is 0. The molecule has 0 aliphatic carbocycles. The fourth-order valence-corrected chi connectivity index (χ4v) is 2.68. The van der Waals surface area contributed by atoms with Gasteiger partial charge in [-0.15, -0.1) is 13.2 Å². The van der Waals surface area contributed by atoms with Crippen LogP contribution in [-0.4, -0.2) is 39.7 Å². The van der Waals surface area contributed by atoms with Gasteiger partial charge in [0.05, 0.1) is 0 Å². The molecule has 1 saturated heterocycles. The second-order valence-electron chi connectivity index (χ2n) is 5.89. The summed E-state index contributed by atoms with van der Waals surface area (Å²) in [6, 6.07) is -1.17. The maximum absolute atomic E-state index is 12.8. The maximum Gasteiger partial charge on any atom is 0.333 e. The molecule has 0 N–H and O–H groups in total. The van der Waals surface area contributed by atoms with Gasteiger partial charge in [-0.05, 0) is 40.5 Å². The van der Waals surface area contributed by atoms with Crippen molar-refractivity contribution in [1.82, 2.24) is 9.80 Å². The van der Waals surface area contributed by atoms with Crippen molar-refractivity contribution in [3.05, 3.63) is 25.3 Å². The molecule has 0 atom stereocenters. The van der Waals surface area contributed by atoms with Gasteiger partial charge in [0.25, 0.3) is 0 Å². The van der Waals surface area contributed by atoms with Crippen LogP contribution < -0.4 is 0 Å². The molecule has 1 aliphatic heterocycles. The number of carbonyl (C=O) groups excluding carboxylic acids is 3. The molecule has 5 heteroatoms. The van der Waals surface area contributed by atoms with Crippen LogP contribution in [0.2, 0.25) is 0 Å². The quantitative estimate of drug-likeness (QED) is 0.558. The van der Waals surface area contributed by atoms with Gasteiger partial charge >= 0.3 is 6.03 Å². The molecule has 0 aromatic rings. The van der Waals surface area contributed by atoms with Crippen molar-refractivity contribution in [2.45, 2.75) is 52.6 Å². The lowest BCUT2D eigenvalue weighted by Crippen LogP contribution is -2.67. The number of hydrogen-bond donors (Lipinski definition) is 0. The number of amides is 4. The van der Waals surface area contributed by atoms with E-state index >= 15 is 0 Å². The number of nitrogens with zero attached hydrogens (tertiary/aromatic N) is 2. The van der Waals surface area contributed by atoms with E-state index in [9.17, 15) is 14.4 Å². The number of barbiturate groups is 1. The Hall–Kier alpha value is -1.91. The molecule has 0 saturated carbocycles. The Kier molecular flexibility index (Phi) is 5.10. The summed E-state index contributed by atoms with van der Waals surface area (Å²) >= 11 is 0. The summed E-state index contributed by atoms with van der Waals surface area (Å²) in [5.41, 5.74) is -1.30. The zero-order valence-electron chi connectivity index (χ0n) is 13.3. The summed E-state index contributed by atoms with van der Waals surface area (Å²) in [7, 11) is 0. The Labute approximate surface area is 126 Å². The van der Waals surface area contributed by atoms with E-state index in [1.807, 2.05) is 0 Å². The van der Waals surface area contributed by atoms with Crippen LogP contribution in [0.15, 0.2) is 25.3 Å². The van der Waals surface area contributed by atoms with Crippen LogP contribution in [0.4, 0.5) is 4.79 Å². The van der Waals surface area contributed by atoms with Crippen LogP contribution in [0.3, 0.4) is 0 Å². The van der Waals surface area contributed by atoms with Crippen LogP contribution in [0.25, 0.3) is 0 Å². The van der Waals surface area contributed by atoms with Crippen LogP contribution in [0, 0.1) is 5.41 Å². The van der Waals surface area contributed by atoms with E-state index in [4.69, 9.17) is 0 Å². The molecule has 0 aromatic carbocycles. The van der Waals surface area contributed by atoms with Crippen molar-refractivity contribution in [2.24, 2.45) is 5.41 Å². The van der Waals surface area contributed by atoms with Crippen molar-refractivity contribution >= 4 is 17.8 Å². The molecule has 0 unspecified atom stereocenters. The summed E-state index contributed by atoms with van der Waals surface area (Å²) in [6.07, 6.45) is 3.48. The third-order valence-electron chi connectivity index (χ3n) is 3.69. The Bertz CT molecular complexity index is 438. The van der Waals surface area contributed by atoms with E-state index in [1.54, 1.807) is 39.8 Å². The number of rotatable bonds is 6. The lowest BCUT2D eigenvalue weighted by molar-refractivity contribution is -0.160. The molecule has 0 aromatic heterocycles. The fourth-order valence-electron chi connectivity index (χ4n) is 2.68. The van der Waals surface area contributed by atoms with Gasteiger partial charge in [0.1, 0.15) is 5.41 Å². The Balaban J connectivity index is 3.49.